The molecule has 0 bridgehead atoms. The number of hydrogen-bond acceptors (Lipinski definition) is 6. The summed E-state index contributed by atoms with van der Waals surface area (Å²) in [4.78, 5) is 35.8. The number of carbonyl (C=O) groups is 3. The Kier molecular flexibility index (Phi) is 9.11. The van der Waals surface area contributed by atoms with E-state index in [2.05, 4.69) is 11.8 Å². The van der Waals surface area contributed by atoms with Crippen molar-refractivity contribution in [2.24, 2.45) is 5.92 Å². The van der Waals surface area contributed by atoms with Crippen molar-refractivity contribution in [1.82, 2.24) is 9.80 Å². The van der Waals surface area contributed by atoms with Crippen molar-refractivity contribution in [2.45, 2.75) is 38.6 Å². The van der Waals surface area contributed by atoms with Gasteiger partial charge < -0.3 is 24.6 Å². The molecule has 2 fully saturated rings. The van der Waals surface area contributed by atoms with Crippen molar-refractivity contribution in [3.8, 4) is 11.5 Å². The number of rotatable bonds is 4. The zero-order valence-electron chi connectivity index (χ0n) is 18.4. The maximum Gasteiger partial charge on any atom is 0.414 e. The van der Waals surface area contributed by atoms with Crippen LogP contribution in [-0.4, -0.2) is 84.3 Å². The second kappa shape index (κ2) is 11.5. The molecule has 1 saturated heterocycles. The fourth-order valence-electron chi connectivity index (χ4n) is 4.24. The quantitative estimate of drug-likeness (QED) is 0.690. The number of carboxylic acid groups (broad SMARTS) is 2. The van der Waals surface area contributed by atoms with Gasteiger partial charge in [0.15, 0.2) is 0 Å². The summed E-state index contributed by atoms with van der Waals surface area (Å²) in [5.41, 5.74) is 0.534. The molecule has 2 atom stereocenters. The summed E-state index contributed by atoms with van der Waals surface area (Å²) in [7, 11) is 3.18. The van der Waals surface area contributed by atoms with E-state index < -0.39 is 11.9 Å². The van der Waals surface area contributed by atoms with E-state index in [9.17, 15) is 4.79 Å². The minimum atomic E-state index is -1.82. The predicted octanol–water partition coefficient (Wildman–Crippen LogP) is 2.20. The largest absolute Gasteiger partial charge is 0.496 e. The third-order valence-corrected chi connectivity index (χ3v) is 5.85. The molecule has 1 aliphatic heterocycles. The maximum atomic E-state index is 13.0. The van der Waals surface area contributed by atoms with E-state index in [1.54, 1.807) is 14.2 Å². The molecule has 9 nitrogen and oxygen atoms in total. The Morgan fingerprint density at radius 3 is 1.94 bits per heavy atom. The number of carbonyl (C=O) groups excluding carboxylic acids is 1. The zero-order valence-corrected chi connectivity index (χ0v) is 18.4. The Labute approximate surface area is 182 Å². The van der Waals surface area contributed by atoms with E-state index in [1.165, 1.54) is 25.7 Å². The predicted molar refractivity (Wildman–Crippen MR) is 114 cm³/mol. The van der Waals surface area contributed by atoms with Crippen LogP contribution in [0.1, 0.15) is 43.0 Å². The number of piperazine rings is 1. The highest BCUT2D eigenvalue weighted by Gasteiger charge is 2.31. The van der Waals surface area contributed by atoms with E-state index in [0.717, 1.165) is 32.1 Å². The van der Waals surface area contributed by atoms with E-state index in [-0.39, 0.29) is 5.91 Å². The van der Waals surface area contributed by atoms with Gasteiger partial charge in [-0.2, -0.15) is 0 Å². The van der Waals surface area contributed by atoms with E-state index in [0.29, 0.717) is 23.1 Å². The normalized spacial score (nSPS) is 21.5. The van der Waals surface area contributed by atoms with Gasteiger partial charge in [-0.25, -0.2) is 9.59 Å². The molecule has 1 aliphatic carbocycles. The number of amides is 1. The Morgan fingerprint density at radius 2 is 1.48 bits per heavy atom. The van der Waals surface area contributed by atoms with Gasteiger partial charge in [-0.1, -0.05) is 25.8 Å². The summed E-state index contributed by atoms with van der Waals surface area (Å²) in [6.07, 6.45) is 5.30. The lowest BCUT2D eigenvalue weighted by Gasteiger charge is -2.42. The van der Waals surface area contributed by atoms with E-state index >= 15 is 0 Å². The molecule has 1 heterocycles. The molecule has 1 aromatic carbocycles. The van der Waals surface area contributed by atoms with Gasteiger partial charge in [-0.3, -0.25) is 9.69 Å². The average Bonchev–Trinajstić information content (AvgIpc) is 2.78. The van der Waals surface area contributed by atoms with Crippen LogP contribution >= 0.6 is 0 Å². The highest BCUT2D eigenvalue weighted by atomic mass is 16.5. The molecule has 1 saturated carbocycles. The first-order valence-electron chi connectivity index (χ1n) is 10.5. The summed E-state index contributed by atoms with van der Waals surface area (Å²) in [6.45, 7) is 5.82. The zero-order chi connectivity index (χ0) is 23.0. The van der Waals surface area contributed by atoms with Crippen molar-refractivity contribution in [2.75, 3.05) is 40.4 Å². The van der Waals surface area contributed by atoms with Crippen molar-refractivity contribution in [3.05, 3.63) is 23.8 Å². The highest BCUT2D eigenvalue weighted by Crippen LogP contribution is 2.31. The lowest BCUT2D eigenvalue weighted by atomic mass is 9.86. The molecule has 31 heavy (non-hydrogen) atoms. The van der Waals surface area contributed by atoms with Crippen LogP contribution < -0.4 is 9.47 Å². The smallest absolute Gasteiger partial charge is 0.414 e. The molecule has 0 aromatic heterocycles. The number of benzene rings is 1. The number of ether oxygens (including phenoxy) is 2. The van der Waals surface area contributed by atoms with Gasteiger partial charge in [0.1, 0.15) is 17.1 Å². The van der Waals surface area contributed by atoms with Crippen LogP contribution in [0.2, 0.25) is 0 Å². The van der Waals surface area contributed by atoms with Crippen molar-refractivity contribution < 1.29 is 34.1 Å². The first kappa shape index (κ1) is 24.5. The number of aliphatic carboxylic acids is 2. The third-order valence-electron chi connectivity index (χ3n) is 5.85. The van der Waals surface area contributed by atoms with Gasteiger partial charge in [0, 0.05) is 32.2 Å². The third kappa shape index (κ3) is 6.58. The number of hydrogen-bond donors (Lipinski definition) is 2. The molecular formula is C22H32N2O7. The number of methoxy groups -OCH3 is 2. The molecule has 172 valence electrons. The Morgan fingerprint density at radius 1 is 0.935 bits per heavy atom. The Hall–Kier alpha value is -2.81. The minimum absolute atomic E-state index is 0.00552. The number of carboxylic acids is 2. The highest BCUT2D eigenvalue weighted by molar-refractivity contribution is 6.27. The van der Waals surface area contributed by atoms with Gasteiger partial charge in [-0.05, 0) is 30.9 Å². The fraction of sp³-hybridized carbons (Fsp3) is 0.591. The van der Waals surface area contributed by atoms with Crippen molar-refractivity contribution in [1.29, 1.82) is 0 Å². The molecule has 1 amide bonds. The summed E-state index contributed by atoms with van der Waals surface area (Å²) in [6, 6.07) is 6.17. The molecule has 2 unspecified atom stereocenters. The van der Waals surface area contributed by atoms with E-state index in [1.807, 2.05) is 23.1 Å². The summed E-state index contributed by atoms with van der Waals surface area (Å²) < 4.78 is 10.8. The lowest BCUT2D eigenvalue weighted by molar-refractivity contribution is -0.159. The van der Waals surface area contributed by atoms with Crippen LogP contribution in [0.4, 0.5) is 0 Å². The van der Waals surface area contributed by atoms with Gasteiger partial charge >= 0.3 is 11.9 Å². The Balaban J connectivity index is 0.000000501. The molecule has 0 radical (unpaired) electrons. The molecule has 9 heteroatoms. The average molecular weight is 437 g/mol. The Bertz CT molecular complexity index is 741. The monoisotopic (exact) mass is 436 g/mol. The molecular weight excluding hydrogens is 404 g/mol. The molecule has 2 N–H and O–H groups in total. The second-order valence-corrected chi connectivity index (χ2v) is 7.90. The van der Waals surface area contributed by atoms with Gasteiger partial charge in [0.25, 0.3) is 5.91 Å². The SMILES string of the molecule is COc1cccc(OC)c1C(=O)N1CCN(C2CCCC(C)C2)CC1.O=C(O)C(=O)O. The van der Waals surface area contributed by atoms with Crippen LogP contribution in [0.15, 0.2) is 18.2 Å². The minimum Gasteiger partial charge on any atom is -0.496 e. The van der Waals surface area contributed by atoms with Crippen LogP contribution in [0, 0.1) is 5.92 Å². The number of nitrogens with zero attached hydrogens (tertiary/aromatic N) is 2. The van der Waals surface area contributed by atoms with Crippen LogP contribution in [-0.2, 0) is 9.59 Å². The molecule has 2 aliphatic rings. The van der Waals surface area contributed by atoms with Crippen LogP contribution in [0.25, 0.3) is 0 Å². The standard InChI is InChI=1S/C20H30N2O3.C2H2O4/c1-15-6-4-7-16(14-15)21-10-12-22(13-11-21)20(23)19-17(24-2)8-5-9-18(19)25-3;3-1(4)2(5)6/h5,8-9,15-16H,4,6-7,10-14H2,1-3H3;(H,3,4)(H,5,6). The maximum absolute atomic E-state index is 13.0. The fourth-order valence-corrected chi connectivity index (χ4v) is 4.24. The van der Waals surface area contributed by atoms with Crippen LogP contribution in [0.3, 0.4) is 0 Å². The molecule has 3 rings (SSSR count). The van der Waals surface area contributed by atoms with Crippen molar-refractivity contribution in [3.63, 3.8) is 0 Å². The first-order valence-corrected chi connectivity index (χ1v) is 10.5. The van der Waals surface area contributed by atoms with Gasteiger partial charge in [0.05, 0.1) is 14.2 Å². The summed E-state index contributed by atoms with van der Waals surface area (Å²) >= 11 is 0. The summed E-state index contributed by atoms with van der Waals surface area (Å²) in [5.74, 6) is -1.66. The summed E-state index contributed by atoms with van der Waals surface area (Å²) in [5, 5.41) is 14.8. The topological polar surface area (TPSA) is 117 Å². The molecule has 1 aromatic rings. The van der Waals surface area contributed by atoms with Gasteiger partial charge in [0.2, 0.25) is 0 Å². The molecule has 0 spiro atoms. The lowest BCUT2D eigenvalue weighted by Crippen LogP contribution is -2.52. The van der Waals surface area contributed by atoms with Crippen molar-refractivity contribution >= 4 is 17.8 Å². The van der Waals surface area contributed by atoms with Gasteiger partial charge in [-0.15, -0.1) is 0 Å². The first-order chi connectivity index (χ1) is 14.8. The van der Waals surface area contributed by atoms with E-state index in [4.69, 9.17) is 29.3 Å². The second-order valence-electron chi connectivity index (χ2n) is 7.90. The van der Waals surface area contributed by atoms with Crippen LogP contribution in [0.5, 0.6) is 11.5 Å².